The highest BCUT2D eigenvalue weighted by Gasteiger charge is 2.43. The van der Waals surface area contributed by atoms with Gasteiger partial charge in [-0.15, -0.1) is 0 Å². The second-order valence-corrected chi connectivity index (χ2v) is 5.14. The molecule has 2 aromatic rings. The molecule has 0 bridgehead atoms. The van der Waals surface area contributed by atoms with Gasteiger partial charge < -0.3 is 11.5 Å². The number of carbonyl (C=O) groups excluding carboxylic acids is 2. The molecule has 2 aromatic carbocycles. The smallest absolute Gasteiger partial charge is 0.233 e. The maximum atomic E-state index is 12.0. The zero-order chi connectivity index (χ0) is 15.3. The molecular weight excluding hydrogens is 264 g/mol. The van der Waals surface area contributed by atoms with Gasteiger partial charge in [0.2, 0.25) is 11.8 Å². The third-order valence-corrected chi connectivity index (χ3v) is 3.64. The van der Waals surface area contributed by atoms with Gasteiger partial charge in [0.25, 0.3) is 0 Å². The first-order valence-electron chi connectivity index (χ1n) is 6.72. The van der Waals surface area contributed by atoms with Crippen LogP contribution >= 0.6 is 0 Å². The summed E-state index contributed by atoms with van der Waals surface area (Å²) in [6.07, 6.45) is 0.404. The zero-order valence-electron chi connectivity index (χ0n) is 11.7. The monoisotopic (exact) mass is 282 g/mol. The quantitative estimate of drug-likeness (QED) is 0.785. The molecule has 21 heavy (non-hydrogen) atoms. The molecule has 4 N–H and O–H groups in total. The van der Waals surface area contributed by atoms with Gasteiger partial charge in [-0.05, 0) is 24.0 Å². The van der Waals surface area contributed by atoms with E-state index in [9.17, 15) is 9.59 Å². The van der Waals surface area contributed by atoms with Crippen LogP contribution in [0.4, 0.5) is 0 Å². The predicted molar refractivity (Wildman–Crippen MR) is 81.1 cm³/mol. The molecule has 0 aliphatic rings. The van der Waals surface area contributed by atoms with E-state index >= 15 is 0 Å². The maximum Gasteiger partial charge on any atom is 0.233 e. The fourth-order valence-corrected chi connectivity index (χ4v) is 2.42. The van der Waals surface area contributed by atoms with Crippen LogP contribution in [0.1, 0.15) is 11.1 Å². The van der Waals surface area contributed by atoms with E-state index in [4.69, 9.17) is 11.5 Å². The van der Waals surface area contributed by atoms with Crippen molar-refractivity contribution in [3.8, 4) is 0 Å². The molecule has 2 rings (SSSR count). The van der Waals surface area contributed by atoms with E-state index in [-0.39, 0.29) is 12.8 Å². The number of primary amides is 2. The van der Waals surface area contributed by atoms with Gasteiger partial charge in [0.15, 0.2) is 0 Å². The lowest BCUT2D eigenvalue weighted by molar-refractivity contribution is -0.139. The first kappa shape index (κ1) is 14.8. The highest BCUT2D eigenvalue weighted by molar-refractivity contribution is 6.04. The summed E-state index contributed by atoms with van der Waals surface area (Å²) in [5.74, 6) is -1.38. The van der Waals surface area contributed by atoms with Crippen LogP contribution < -0.4 is 11.5 Å². The third-order valence-electron chi connectivity index (χ3n) is 3.64. The van der Waals surface area contributed by atoms with Crippen molar-refractivity contribution in [3.05, 3.63) is 71.8 Å². The molecule has 2 amide bonds. The number of hydrogen-bond donors (Lipinski definition) is 2. The molecule has 108 valence electrons. The van der Waals surface area contributed by atoms with Gasteiger partial charge >= 0.3 is 0 Å². The lowest BCUT2D eigenvalue weighted by atomic mass is 9.75. The molecule has 0 atom stereocenters. The molecule has 4 heteroatoms. The van der Waals surface area contributed by atoms with Gasteiger partial charge in [-0.3, -0.25) is 9.59 Å². The van der Waals surface area contributed by atoms with E-state index in [0.29, 0.717) is 0 Å². The molecule has 0 heterocycles. The van der Waals surface area contributed by atoms with E-state index in [1.54, 1.807) is 0 Å². The summed E-state index contributed by atoms with van der Waals surface area (Å²) >= 11 is 0. The summed E-state index contributed by atoms with van der Waals surface area (Å²) in [6, 6.07) is 18.6. The number of amides is 2. The fraction of sp³-hybridized carbons (Fsp3) is 0.176. The molecule has 0 saturated heterocycles. The normalized spacial score (nSPS) is 11.0. The van der Waals surface area contributed by atoms with Crippen LogP contribution in [-0.4, -0.2) is 11.8 Å². The molecule has 4 nitrogen and oxygen atoms in total. The third kappa shape index (κ3) is 3.28. The van der Waals surface area contributed by atoms with Crippen molar-refractivity contribution in [2.75, 3.05) is 0 Å². The van der Waals surface area contributed by atoms with Gasteiger partial charge in [0.1, 0.15) is 5.41 Å². The molecule has 0 unspecified atom stereocenters. The summed E-state index contributed by atoms with van der Waals surface area (Å²) in [7, 11) is 0. The largest absolute Gasteiger partial charge is 0.369 e. The van der Waals surface area contributed by atoms with Crippen molar-refractivity contribution in [2.45, 2.75) is 12.8 Å². The Kier molecular flexibility index (Phi) is 4.38. The van der Waals surface area contributed by atoms with Crippen LogP contribution in [0.15, 0.2) is 60.7 Å². The maximum absolute atomic E-state index is 12.0. The summed E-state index contributed by atoms with van der Waals surface area (Å²) in [5, 5.41) is 0. The molecule has 0 spiro atoms. The first-order chi connectivity index (χ1) is 10.0. The standard InChI is InChI=1S/C17H18N2O2/c18-15(20)17(16(19)21,11-13-7-3-1-4-8-13)12-14-9-5-2-6-10-14/h1-10H,11-12H2,(H2,18,20)(H2,19,21). The summed E-state index contributed by atoms with van der Waals surface area (Å²) in [5.41, 5.74) is 11.3. The van der Waals surface area contributed by atoms with Crippen molar-refractivity contribution >= 4 is 11.8 Å². The second-order valence-electron chi connectivity index (χ2n) is 5.14. The average Bonchev–Trinajstić information content (AvgIpc) is 2.48. The lowest BCUT2D eigenvalue weighted by Gasteiger charge is -2.27. The van der Waals surface area contributed by atoms with Crippen molar-refractivity contribution in [1.29, 1.82) is 0 Å². The van der Waals surface area contributed by atoms with Crippen LogP contribution in [0.5, 0.6) is 0 Å². The van der Waals surface area contributed by atoms with E-state index < -0.39 is 17.2 Å². The average molecular weight is 282 g/mol. The number of nitrogens with two attached hydrogens (primary N) is 2. The summed E-state index contributed by atoms with van der Waals surface area (Å²) in [4.78, 5) is 24.0. The van der Waals surface area contributed by atoms with Gasteiger partial charge in [-0.2, -0.15) is 0 Å². The Morgan fingerprint density at radius 1 is 0.714 bits per heavy atom. The van der Waals surface area contributed by atoms with Gasteiger partial charge in [-0.1, -0.05) is 60.7 Å². The van der Waals surface area contributed by atoms with Crippen molar-refractivity contribution < 1.29 is 9.59 Å². The minimum atomic E-state index is -1.41. The van der Waals surface area contributed by atoms with Crippen molar-refractivity contribution in [1.82, 2.24) is 0 Å². The Morgan fingerprint density at radius 3 is 1.33 bits per heavy atom. The molecule has 0 aromatic heterocycles. The highest BCUT2D eigenvalue weighted by Crippen LogP contribution is 2.28. The zero-order valence-corrected chi connectivity index (χ0v) is 11.7. The molecule has 0 radical (unpaired) electrons. The van der Waals surface area contributed by atoms with Crippen LogP contribution in [0, 0.1) is 5.41 Å². The molecule has 0 aliphatic heterocycles. The van der Waals surface area contributed by atoms with Crippen LogP contribution in [-0.2, 0) is 22.4 Å². The van der Waals surface area contributed by atoms with Gasteiger partial charge in [-0.25, -0.2) is 0 Å². The molecular formula is C17H18N2O2. The van der Waals surface area contributed by atoms with E-state index in [1.807, 2.05) is 60.7 Å². The summed E-state index contributed by atoms with van der Waals surface area (Å²) in [6.45, 7) is 0. The minimum absolute atomic E-state index is 0.202. The Morgan fingerprint density at radius 2 is 1.05 bits per heavy atom. The SMILES string of the molecule is NC(=O)C(Cc1ccccc1)(Cc1ccccc1)C(N)=O. The predicted octanol–water partition coefficient (Wildman–Crippen LogP) is 1.43. The van der Waals surface area contributed by atoms with Gasteiger partial charge in [0, 0.05) is 0 Å². The Labute approximate surface area is 123 Å². The molecule has 0 fully saturated rings. The number of benzene rings is 2. The second kappa shape index (κ2) is 6.22. The van der Waals surface area contributed by atoms with E-state index in [2.05, 4.69) is 0 Å². The number of hydrogen-bond acceptors (Lipinski definition) is 2. The Bertz CT molecular complexity index is 566. The fourth-order valence-electron chi connectivity index (χ4n) is 2.42. The van der Waals surface area contributed by atoms with E-state index in [0.717, 1.165) is 11.1 Å². The van der Waals surface area contributed by atoms with Crippen molar-refractivity contribution in [3.63, 3.8) is 0 Å². The summed E-state index contributed by atoms with van der Waals surface area (Å²) < 4.78 is 0. The Hall–Kier alpha value is -2.62. The highest BCUT2D eigenvalue weighted by atomic mass is 16.2. The minimum Gasteiger partial charge on any atom is -0.369 e. The molecule has 0 aliphatic carbocycles. The Balaban J connectivity index is 2.38. The van der Waals surface area contributed by atoms with Crippen LogP contribution in [0.25, 0.3) is 0 Å². The lowest BCUT2D eigenvalue weighted by Crippen LogP contribution is -2.50. The first-order valence-corrected chi connectivity index (χ1v) is 6.72. The number of rotatable bonds is 6. The van der Waals surface area contributed by atoms with Crippen molar-refractivity contribution in [2.24, 2.45) is 16.9 Å². The van der Waals surface area contributed by atoms with Crippen LogP contribution in [0.3, 0.4) is 0 Å². The molecule has 0 saturated carbocycles. The number of carbonyl (C=O) groups is 2. The van der Waals surface area contributed by atoms with E-state index in [1.165, 1.54) is 0 Å². The topological polar surface area (TPSA) is 86.2 Å². The van der Waals surface area contributed by atoms with Crippen LogP contribution in [0.2, 0.25) is 0 Å². The van der Waals surface area contributed by atoms with Gasteiger partial charge in [0.05, 0.1) is 0 Å².